The molecule has 164 valence electrons. The maximum atomic E-state index is 12.9. The van der Waals surface area contributed by atoms with Crippen molar-refractivity contribution in [3.63, 3.8) is 0 Å². The molecule has 2 heterocycles. The first-order valence-corrected chi connectivity index (χ1v) is 11.6. The highest BCUT2D eigenvalue weighted by atomic mass is 32.2. The maximum Gasteiger partial charge on any atom is 0.340 e. The molecular weight excluding hydrogens is 430 g/mol. The molecule has 2 aromatic carbocycles. The molecule has 0 saturated carbocycles. The third-order valence-corrected chi connectivity index (χ3v) is 6.10. The van der Waals surface area contributed by atoms with Gasteiger partial charge in [-0.05, 0) is 29.8 Å². The largest absolute Gasteiger partial charge is 0.452 e. The number of carbonyl (C=O) groups excluding carboxylic acids is 2. The van der Waals surface area contributed by atoms with Gasteiger partial charge >= 0.3 is 5.97 Å². The lowest BCUT2D eigenvalue weighted by Crippen LogP contribution is -2.37. The SMILES string of the molecule is O=C(OCC(=O)N(Cc1ccccc1)c1ccccc1)C1=CN2CCS(=O)(=O)N=C2C=C1. The molecule has 1 amide bonds. The third-order valence-electron chi connectivity index (χ3n) is 4.94. The number of ether oxygens (including phenoxy) is 1. The number of anilines is 1. The van der Waals surface area contributed by atoms with Crippen LogP contribution in [0.2, 0.25) is 0 Å². The smallest absolute Gasteiger partial charge is 0.340 e. The van der Waals surface area contributed by atoms with Crippen LogP contribution < -0.4 is 4.90 Å². The van der Waals surface area contributed by atoms with Crippen molar-refractivity contribution in [2.75, 3.05) is 23.8 Å². The molecule has 0 aromatic heterocycles. The Morgan fingerprint density at radius 3 is 2.41 bits per heavy atom. The molecule has 32 heavy (non-hydrogen) atoms. The summed E-state index contributed by atoms with van der Waals surface area (Å²) in [5.41, 5.74) is 1.86. The summed E-state index contributed by atoms with van der Waals surface area (Å²) in [4.78, 5) is 28.6. The first kappa shape index (κ1) is 21.5. The van der Waals surface area contributed by atoms with Gasteiger partial charge in [-0.15, -0.1) is 4.40 Å². The number of fused-ring (bicyclic) bond motifs is 1. The summed E-state index contributed by atoms with van der Waals surface area (Å²) in [6, 6.07) is 18.7. The maximum absolute atomic E-state index is 12.9. The number of sulfonamides is 1. The van der Waals surface area contributed by atoms with Crippen LogP contribution in [0.5, 0.6) is 0 Å². The van der Waals surface area contributed by atoms with E-state index in [9.17, 15) is 18.0 Å². The van der Waals surface area contributed by atoms with Crippen LogP contribution in [-0.2, 0) is 30.9 Å². The molecule has 0 aliphatic carbocycles. The second-order valence-electron chi connectivity index (χ2n) is 7.22. The normalized spacial score (nSPS) is 16.4. The minimum Gasteiger partial charge on any atom is -0.452 e. The van der Waals surface area contributed by atoms with Crippen LogP contribution in [0.4, 0.5) is 5.69 Å². The van der Waals surface area contributed by atoms with Crippen molar-refractivity contribution < 1.29 is 22.7 Å². The van der Waals surface area contributed by atoms with Gasteiger partial charge in [0.1, 0.15) is 5.84 Å². The molecule has 0 fully saturated rings. The summed E-state index contributed by atoms with van der Waals surface area (Å²) in [6.45, 7) is 0.104. The minimum atomic E-state index is -3.47. The van der Waals surface area contributed by atoms with Gasteiger partial charge in [0.15, 0.2) is 6.61 Å². The van der Waals surface area contributed by atoms with E-state index in [1.165, 1.54) is 18.4 Å². The van der Waals surface area contributed by atoms with E-state index in [0.717, 1.165) is 5.56 Å². The fraction of sp³-hybridized carbons (Fsp3) is 0.174. The number of para-hydroxylation sites is 1. The summed E-state index contributed by atoms with van der Waals surface area (Å²) in [5.74, 6) is -0.912. The van der Waals surface area contributed by atoms with E-state index in [1.807, 2.05) is 60.7 Å². The molecule has 4 rings (SSSR count). The van der Waals surface area contributed by atoms with E-state index < -0.39 is 22.6 Å². The monoisotopic (exact) mass is 451 g/mol. The number of nitrogens with zero attached hydrogens (tertiary/aromatic N) is 3. The summed E-state index contributed by atoms with van der Waals surface area (Å²) in [6.07, 6.45) is 4.36. The van der Waals surface area contributed by atoms with Gasteiger partial charge in [0.2, 0.25) is 0 Å². The van der Waals surface area contributed by atoms with Crippen LogP contribution in [0, 0.1) is 0 Å². The van der Waals surface area contributed by atoms with Gasteiger partial charge in [-0.1, -0.05) is 48.5 Å². The Morgan fingerprint density at radius 1 is 1.00 bits per heavy atom. The Kier molecular flexibility index (Phi) is 6.18. The molecule has 0 saturated heterocycles. The summed E-state index contributed by atoms with van der Waals surface area (Å²) in [5, 5.41) is 0. The molecule has 2 aliphatic heterocycles. The number of amides is 1. The van der Waals surface area contributed by atoms with Crippen molar-refractivity contribution in [1.82, 2.24) is 4.90 Å². The van der Waals surface area contributed by atoms with Gasteiger partial charge in [-0.3, -0.25) is 4.79 Å². The van der Waals surface area contributed by atoms with Crippen molar-refractivity contribution in [2.45, 2.75) is 6.54 Å². The fourth-order valence-corrected chi connectivity index (χ4v) is 4.28. The Hall–Kier alpha value is -3.72. The quantitative estimate of drug-likeness (QED) is 0.625. The predicted octanol–water partition coefficient (Wildman–Crippen LogP) is 2.26. The molecule has 0 atom stereocenters. The molecule has 0 bridgehead atoms. The first-order chi connectivity index (χ1) is 15.4. The van der Waals surface area contributed by atoms with Crippen molar-refractivity contribution in [3.8, 4) is 0 Å². The van der Waals surface area contributed by atoms with E-state index in [4.69, 9.17) is 4.74 Å². The highest BCUT2D eigenvalue weighted by Crippen LogP contribution is 2.19. The number of esters is 1. The Morgan fingerprint density at radius 2 is 1.69 bits per heavy atom. The summed E-state index contributed by atoms with van der Waals surface area (Å²) >= 11 is 0. The number of hydrogen-bond donors (Lipinski definition) is 0. The molecule has 0 spiro atoms. The summed E-state index contributed by atoms with van der Waals surface area (Å²) < 4.78 is 32.2. The van der Waals surface area contributed by atoms with Crippen molar-refractivity contribution in [3.05, 3.63) is 90.2 Å². The van der Waals surface area contributed by atoms with Crippen molar-refractivity contribution >= 4 is 33.4 Å². The number of amidine groups is 1. The van der Waals surface area contributed by atoms with Gasteiger partial charge in [-0.2, -0.15) is 0 Å². The van der Waals surface area contributed by atoms with Crippen LogP contribution in [0.1, 0.15) is 5.56 Å². The molecular formula is C23H21N3O5S. The molecule has 0 radical (unpaired) electrons. The summed E-state index contributed by atoms with van der Waals surface area (Å²) in [7, 11) is -3.47. The zero-order valence-corrected chi connectivity index (χ0v) is 17.9. The van der Waals surface area contributed by atoms with E-state index in [0.29, 0.717) is 12.2 Å². The van der Waals surface area contributed by atoms with Crippen LogP contribution in [0.25, 0.3) is 0 Å². The lowest BCUT2D eigenvalue weighted by atomic mass is 10.2. The zero-order chi connectivity index (χ0) is 22.6. The second-order valence-corrected chi connectivity index (χ2v) is 8.98. The van der Waals surface area contributed by atoms with Crippen LogP contribution >= 0.6 is 0 Å². The van der Waals surface area contributed by atoms with E-state index in [-0.39, 0.29) is 29.6 Å². The highest BCUT2D eigenvalue weighted by Gasteiger charge is 2.26. The van der Waals surface area contributed by atoms with Gasteiger partial charge < -0.3 is 14.5 Å². The lowest BCUT2D eigenvalue weighted by molar-refractivity contribution is -0.143. The second kappa shape index (κ2) is 9.19. The highest BCUT2D eigenvalue weighted by molar-refractivity contribution is 7.90. The van der Waals surface area contributed by atoms with Gasteiger partial charge in [0.25, 0.3) is 15.9 Å². The minimum absolute atomic E-state index is 0.132. The Balaban J connectivity index is 1.44. The van der Waals surface area contributed by atoms with Gasteiger partial charge in [-0.25, -0.2) is 13.2 Å². The van der Waals surface area contributed by atoms with Crippen molar-refractivity contribution in [1.29, 1.82) is 0 Å². The molecule has 0 N–H and O–H groups in total. The van der Waals surface area contributed by atoms with Crippen LogP contribution in [0.3, 0.4) is 0 Å². The number of rotatable bonds is 6. The molecule has 8 nitrogen and oxygen atoms in total. The zero-order valence-electron chi connectivity index (χ0n) is 17.1. The van der Waals surface area contributed by atoms with E-state index >= 15 is 0 Å². The number of hydrogen-bond acceptors (Lipinski definition) is 6. The fourth-order valence-electron chi connectivity index (χ4n) is 3.31. The van der Waals surface area contributed by atoms with Gasteiger partial charge in [0.05, 0.1) is 17.9 Å². The molecule has 2 aromatic rings. The van der Waals surface area contributed by atoms with Gasteiger partial charge in [0, 0.05) is 18.4 Å². The third kappa shape index (κ3) is 5.12. The van der Waals surface area contributed by atoms with Crippen molar-refractivity contribution in [2.24, 2.45) is 4.40 Å². The number of carbonyl (C=O) groups is 2. The average Bonchev–Trinajstić information content (AvgIpc) is 2.81. The standard InChI is InChI=1S/C23H21N3O5S/c27-22(26(20-9-5-2-6-10-20)15-18-7-3-1-4-8-18)17-31-23(28)19-11-12-21-24-32(29,30)14-13-25(21)16-19/h1-12,16H,13-15,17H2. The van der Waals surface area contributed by atoms with E-state index in [2.05, 4.69) is 4.40 Å². The topological polar surface area (TPSA) is 96.4 Å². The van der Waals surface area contributed by atoms with E-state index in [1.54, 1.807) is 9.80 Å². The molecule has 9 heteroatoms. The molecule has 0 unspecified atom stereocenters. The van der Waals surface area contributed by atoms with Crippen LogP contribution in [-0.4, -0.2) is 49.9 Å². The Bertz CT molecular complexity index is 1200. The predicted molar refractivity (Wildman–Crippen MR) is 120 cm³/mol. The van der Waals surface area contributed by atoms with Crippen LogP contribution in [0.15, 0.2) is 89.0 Å². The number of benzene rings is 2. The average molecular weight is 452 g/mol. The first-order valence-electron chi connectivity index (χ1n) is 9.97. The lowest BCUT2D eigenvalue weighted by Gasteiger charge is -2.27. The Labute approximate surface area is 186 Å². The molecule has 2 aliphatic rings.